The van der Waals surface area contributed by atoms with Crippen molar-refractivity contribution in [3.05, 3.63) is 35.9 Å². The molecule has 0 radical (unpaired) electrons. The van der Waals surface area contributed by atoms with Crippen molar-refractivity contribution in [2.45, 2.75) is 51.1 Å². The maximum Gasteiger partial charge on any atom is 0.227 e. The molecule has 2 atom stereocenters. The van der Waals surface area contributed by atoms with Gasteiger partial charge < -0.3 is 15.1 Å². The standard InChI is InChI=1S/C22H31N3O2/c1-16(18-5-3-2-4-6-18)25-15-19(13-21(25)26)22(27)24-11-9-20(10-12-24)23-14-17-7-8-17/h2-6,16-17,19-20,23H,7-15H2,1H3. The van der Waals surface area contributed by atoms with E-state index in [0.29, 0.717) is 19.0 Å². The maximum absolute atomic E-state index is 13.0. The maximum atomic E-state index is 13.0. The lowest BCUT2D eigenvalue weighted by atomic mass is 10.0. The third-order valence-corrected chi connectivity index (χ3v) is 6.46. The number of nitrogens with one attached hydrogen (secondary N) is 1. The van der Waals surface area contributed by atoms with Gasteiger partial charge in [-0.3, -0.25) is 9.59 Å². The molecule has 2 amide bonds. The summed E-state index contributed by atoms with van der Waals surface area (Å²) in [6, 6.07) is 10.6. The van der Waals surface area contributed by atoms with Gasteiger partial charge in [-0.2, -0.15) is 0 Å². The average molecular weight is 370 g/mol. The van der Waals surface area contributed by atoms with Crippen LogP contribution in [0, 0.1) is 11.8 Å². The largest absolute Gasteiger partial charge is 0.342 e. The normalized spacial score (nSPS) is 25.1. The van der Waals surface area contributed by atoms with Gasteiger partial charge in [-0.05, 0) is 50.6 Å². The molecular weight excluding hydrogens is 338 g/mol. The number of hydrogen-bond acceptors (Lipinski definition) is 3. The van der Waals surface area contributed by atoms with Gasteiger partial charge >= 0.3 is 0 Å². The van der Waals surface area contributed by atoms with Crippen LogP contribution in [0.1, 0.15) is 50.6 Å². The molecule has 2 aliphatic heterocycles. The fraction of sp³-hybridized carbons (Fsp3) is 0.636. The van der Waals surface area contributed by atoms with E-state index in [4.69, 9.17) is 0 Å². The lowest BCUT2D eigenvalue weighted by Crippen LogP contribution is -2.47. The number of piperidine rings is 1. The molecule has 2 heterocycles. The van der Waals surface area contributed by atoms with Gasteiger partial charge in [-0.25, -0.2) is 0 Å². The van der Waals surface area contributed by atoms with Crippen molar-refractivity contribution < 1.29 is 9.59 Å². The summed E-state index contributed by atoms with van der Waals surface area (Å²) in [6.07, 6.45) is 5.16. The Morgan fingerprint density at radius 3 is 2.52 bits per heavy atom. The number of amides is 2. The van der Waals surface area contributed by atoms with E-state index in [2.05, 4.69) is 12.2 Å². The van der Waals surface area contributed by atoms with Crippen LogP contribution in [0.5, 0.6) is 0 Å². The zero-order valence-corrected chi connectivity index (χ0v) is 16.3. The summed E-state index contributed by atoms with van der Waals surface area (Å²) in [5.41, 5.74) is 1.13. The van der Waals surface area contributed by atoms with Crippen LogP contribution >= 0.6 is 0 Å². The van der Waals surface area contributed by atoms with Crippen LogP contribution in [-0.4, -0.2) is 53.8 Å². The molecule has 5 heteroatoms. The minimum Gasteiger partial charge on any atom is -0.342 e. The van der Waals surface area contributed by atoms with E-state index in [9.17, 15) is 9.59 Å². The highest BCUT2D eigenvalue weighted by molar-refractivity contribution is 5.89. The Bertz CT molecular complexity index is 665. The fourth-order valence-corrected chi connectivity index (χ4v) is 4.40. The molecular formula is C22H31N3O2. The summed E-state index contributed by atoms with van der Waals surface area (Å²) in [6.45, 7) is 5.38. The number of likely N-dealkylation sites (tertiary alicyclic amines) is 2. The van der Waals surface area contributed by atoms with Crippen LogP contribution in [0.4, 0.5) is 0 Å². The Morgan fingerprint density at radius 1 is 1.15 bits per heavy atom. The predicted molar refractivity (Wildman–Crippen MR) is 105 cm³/mol. The van der Waals surface area contributed by atoms with Crippen LogP contribution in [0.3, 0.4) is 0 Å². The smallest absolute Gasteiger partial charge is 0.227 e. The molecule has 2 unspecified atom stereocenters. The first kappa shape index (κ1) is 18.5. The van der Waals surface area contributed by atoms with Crippen molar-refractivity contribution in [1.82, 2.24) is 15.1 Å². The van der Waals surface area contributed by atoms with E-state index in [-0.39, 0.29) is 23.8 Å². The van der Waals surface area contributed by atoms with E-state index in [0.717, 1.165) is 44.0 Å². The van der Waals surface area contributed by atoms with Gasteiger partial charge in [-0.1, -0.05) is 30.3 Å². The first-order valence-corrected chi connectivity index (χ1v) is 10.5. The lowest BCUT2D eigenvalue weighted by molar-refractivity contribution is -0.136. The molecule has 0 aromatic heterocycles. The molecule has 146 valence electrons. The lowest BCUT2D eigenvalue weighted by Gasteiger charge is -2.34. The summed E-state index contributed by atoms with van der Waals surface area (Å²) in [5, 5.41) is 3.66. The Hall–Kier alpha value is -1.88. The first-order valence-electron chi connectivity index (χ1n) is 10.5. The monoisotopic (exact) mass is 369 g/mol. The number of carbonyl (C=O) groups excluding carboxylic acids is 2. The Balaban J connectivity index is 1.29. The number of hydrogen-bond donors (Lipinski definition) is 1. The number of rotatable bonds is 6. The van der Waals surface area contributed by atoms with Crippen molar-refractivity contribution in [3.8, 4) is 0 Å². The Kier molecular flexibility index (Phi) is 5.48. The molecule has 3 aliphatic rings. The Morgan fingerprint density at radius 2 is 1.85 bits per heavy atom. The van der Waals surface area contributed by atoms with Crippen molar-refractivity contribution in [2.75, 3.05) is 26.2 Å². The van der Waals surface area contributed by atoms with Gasteiger partial charge in [0.2, 0.25) is 11.8 Å². The molecule has 1 aromatic rings. The van der Waals surface area contributed by atoms with Gasteiger partial charge in [0.1, 0.15) is 0 Å². The number of carbonyl (C=O) groups is 2. The molecule has 1 saturated carbocycles. The molecule has 1 N–H and O–H groups in total. The van der Waals surface area contributed by atoms with Crippen molar-refractivity contribution >= 4 is 11.8 Å². The molecule has 2 saturated heterocycles. The minimum absolute atomic E-state index is 0.0221. The first-order chi connectivity index (χ1) is 13.1. The van der Waals surface area contributed by atoms with E-state index < -0.39 is 0 Å². The second kappa shape index (κ2) is 8.01. The van der Waals surface area contributed by atoms with Gasteiger partial charge in [0.05, 0.1) is 12.0 Å². The van der Waals surface area contributed by atoms with E-state index in [1.165, 1.54) is 12.8 Å². The van der Waals surface area contributed by atoms with Crippen LogP contribution < -0.4 is 5.32 Å². The van der Waals surface area contributed by atoms with Gasteiger partial charge in [0, 0.05) is 32.1 Å². The van der Waals surface area contributed by atoms with Crippen molar-refractivity contribution in [3.63, 3.8) is 0 Å². The van der Waals surface area contributed by atoms with E-state index in [1.807, 2.05) is 40.1 Å². The molecule has 5 nitrogen and oxygen atoms in total. The summed E-state index contributed by atoms with van der Waals surface area (Å²) < 4.78 is 0. The number of benzene rings is 1. The molecule has 3 fully saturated rings. The zero-order valence-electron chi connectivity index (χ0n) is 16.3. The highest BCUT2D eigenvalue weighted by atomic mass is 16.2. The fourth-order valence-electron chi connectivity index (χ4n) is 4.40. The second-order valence-corrected chi connectivity index (χ2v) is 8.48. The van der Waals surface area contributed by atoms with Crippen LogP contribution in [0.25, 0.3) is 0 Å². The van der Waals surface area contributed by atoms with E-state index >= 15 is 0 Å². The zero-order chi connectivity index (χ0) is 18.8. The van der Waals surface area contributed by atoms with Crippen molar-refractivity contribution in [2.24, 2.45) is 11.8 Å². The van der Waals surface area contributed by atoms with Gasteiger partial charge in [-0.15, -0.1) is 0 Å². The minimum atomic E-state index is -0.181. The average Bonchev–Trinajstić information content (AvgIpc) is 3.46. The molecule has 1 aromatic carbocycles. The molecule has 0 spiro atoms. The van der Waals surface area contributed by atoms with Crippen LogP contribution in [0.2, 0.25) is 0 Å². The molecule has 1 aliphatic carbocycles. The molecule has 0 bridgehead atoms. The number of nitrogens with zero attached hydrogens (tertiary/aromatic N) is 2. The topological polar surface area (TPSA) is 52.7 Å². The molecule has 4 rings (SSSR count). The van der Waals surface area contributed by atoms with Crippen molar-refractivity contribution in [1.29, 1.82) is 0 Å². The van der Waals surface area contributed by atoms with Gasteiger partial charge in [0.15, 0.2) is 0 Å². The summed E-state index contributed by atoms with van der Waals surface area (Å²) in [5.74, 6) is 0.990. The predicted octanol–water partition coefficient (Wildman–Crippen LogP) is 2.59. The summed E-state index contributed by atoms with van der Waals surface area (Å²) >= 11 is 0. The molecule has 27 heavy (non-hydrogen) atoms. The Labute approximate surface area is 162 Å². The second-order valence-electron chi connectivity index (χ2n) is 8.48. The van der Waals surface area contributed by atoms with E-state index in [1.54, 1.807) is 0 Å². The summed E-state index contributed by atoms with van der Waals surface area (Å²) in [7, 11) is 0. The van der Waals surface area contributed by atoms with Crippen LogP contribution in [-0.2, 0) is 9.59 Å². The SMILES string of the molecule is CC(c1ccccc1)N1CC(C(=O)N2CCC(NCC3CC3)CC2)CC1=O. The highest BCUT2D eigenvalue weighted by Gasteiger charge is 2.39. The summed E-state index contributed by atoms with van der Waals surface area (Å²) in [4.78, 5) is 29.4. The van der Waals surface area contributed by atoms with Crippen LogP contribution in [0.15, 0.2) is 30.3 Å². The highest BCUT2D eigenvalue weighted by Crippen LogP contribution is 2.30. The van der Waals surface area contributed by atoms with Gasteiger partial charge in [0.25, 0.3) is 0 Å². The third-order valence-electron chi connectivity index (χ3n) is 6.46. The quantitative estimate of drug-likeness (QED) is 0.839. The third kappa shape index (κ3) is 4.34.